The number of benzene rings is 1. The quantitative estimate of drug-likeness (QED) is 0.482. The second kappa shape index (κ2) is 10.8. The van der Waals surface area contributed by atoms with Crippen LogP contribution in [0.4, 0.5) is 13.2 Å². The zero-order valence-electron chi connectivity index (χ0n) is 18.0. The van der Waals surface area contributed by atoms with Crippen LogP contribution < -0.4 is 10.6 Å². The summed E-state index contributed by atoms with van der Waals surface area (Å²) in [6, 6.07) is 10.0. The third-order valence-electron chi connectivity index (χ3n) is 5.68. The molecule has 0 aliphatic carbocycles. The number of carbonyl (C=O) groups excluding carboxylic acids is 1. The van der Waals surface area contributed by atoms with E-state index in [0.717, 1.165) is 6.42 Å². The van der Waals surface area contributed by atoms with E-state index in [1.165, 1.54) is 10.5 Å². The minimum Gasteiger partial charge on any atom is -0.357 e. The lowest BCUT2D eigenvalue weighted by Gasteiger charge is -2.20. The lowest BCUT2D eigenvalue weighted by atomic mass is 10.1. The van der Waals surface area contributed by atoms with Crippen LogP contribution in [0.3, 0.4) is 0 Å². The molecule has 0 radical (unpaired) electrons. The van der Waals surface area contributed by atoms with Crippen LogP contribution in [-0.4, -0.2) is 79.7 Å². The standard InChI is InChI=1S/C22H32F3N5O/c1-2-26-21(28-19-9-10-29(15-19)16-22(23,24)25)27-13-18-12-20(31)30(14-18)11-8-17-6-4-3-5-7-17/h3-7,18-19H,2,8-16H2,1H3,(H2,26,27,28). The molecule has 0 aromatic heterocycles. The first-order valence-electron chi connectivity index (χ1n) is 11.0. The third-order valence-corrected chi connectivity index (χ3v) is 5.68. The molecule has 2 heterocycles. The number of hydrogen-bond acceptors (Lipinski definition) is 3. The van der Waals surface area contributed by atoms with Gasteiger partial charge in [0.25, 0.3) is 0 Å². The zero-order valence-corrected chi connectivity index (χ0v) is 18.0. The number of amides is 1. The molecule has 2 aliphatic heterocycles. The highest BCUT2D eigenvalue weighted by Gasteiger charge is 2.34. The molecule has 9 heteroatoms. The summed E-state index contributed by atoms with van der Waals surface area (Å²) in [5, 5.41) is 6.42. The minimum absolute atomic E-state index is 0.0623. The van der Waals surface area contributed by atoms with Gasteiger partial charge in [-0.3, -0.25) is 14.7 Å². The molecule has 0 saturated carbocycles. The number of guanidine groups is 1. The summed E-state index contributed by atoms with van der Waals surface area (Å²) in [7, 11) is 0. The fourth-order valence-corrected chi connectivity index (χ4v) is 4.18. The van der Waals surface area contributed by atoms with Gasteiger partial charge in [0.2, 0.25) is 5.91 Å². The van der Waals surface area contributed by atoms with Crippen LogP contribution in [0.25, 0.3) is 0 Å². The molecule has 1 aromatic carbocycles. The van der Waals surface area contributed by atoms with Crippen LogP contribution in [0, 0.1) is 5.92 Å². The summed E-state index contributed by atoms with van der Waals surface area (Å²) in [6.45, 7) is 4.42. The molecule has 1 aromatic rings. The van der Waals surface area contributed by atoms with E-state index in [1.807, 2.05) is 30.0 Å². The summed E-state index contributed by atoms with van der Waals surface area (Å²) in [5.41, 5.74) is 1.21. The average molecular weight is 440 g/mol. The van der Waals surface area contributed by atoms with E-state index in [1.54, 1.807) is 0 Å². The second-order valence-corrected chi connectivity index (χ2v) is 8.35. The number of halogens is 3. The Labute approximate surface area is 181 Å². The van der Waals surface area contributed by atoms with E-state index < -0.39 is 12.7 Å². The van der Waals surface area contributed by atoms with Crippen molar-refractivity contribution in [2.24, 2.45) is 10.9 Å². The number of aliphatic imine (C=N–C) groups is 1. The molecule has 6 nitrogen and oxygen atoms in total. The van der Waals surface area contributed by atoms with Crippen molar-refractivity contribution in [3.05, 3.63) is 35.9 Å². The third kappa shape index (κ3) is 7.72. The van der Waals surface area contributed by atoms with E-state index in [9.17, 15) is 18.0 Å². The molecular formula is C22H32F3N5O. The molecule has 31 heavy (non-hydrogen) atoms. The van der Waals surface area contributed by atoms with Gasteiger partial charge >= 0.3 is 6.18 Å². The Bertz CT molecular complexity index is 740. The smallest absolute Gasteiger partial charge is 0.357 e. The second-order valence-electron chi connectivity index (χ2n) is 8.35. The first-order valence-corrected chi connectivity index (χ1v) is 11.0. The van der Waals surface area contributed by atoms with E-state index in [4.69, 9.17) is 0 Å². The van der Waals surface area contributed by atoms with Crippen LogP contribution >= 0.6 is 0 Å². The predicted octanol–water partition coefficient (Wildman–Crippen LogP) is 2.27. The van der Waals surface area contributed by atoms with Gasteiger partial charge in [0.1, 0.15) is 0 Å². The number of nitrogens with one attached hydrogen (secondary N) is 2. The number of alkyl halides is 3. The van der Waals surface area contributed by atoms with Gasteiger partial charge in [-0.25, -0.2) is 0 Å². The highest BCUT2D eigenvalue weighted by atomic mass is 19.4. The summed E-state index contributed by atoms with van der Waals surface area (Å²) >= 11 is 0. The van der Waals surface area contributed by atoms with Crippen molar-refractivity contribution in [1.29, 1.82) is 0 Å². The highest BCUT2D eigenvalue weighted by molar-refractivity contribution is 5.81. The maximum absolute atomic E-state index is 12.6. The van der Waals surface area contributed by atoms with Gasteiger partial charge in [-0.1, -0.05) is 30.3 Å². The van der Waals surface area contributed by atoms with Gasteiger partial charge < -0.3 is 15.5 Å². The lowest BCUT2D eigenvalue weighted by molar-refractivity contribution is -0.143. The maximum atomic E-state index is 12.6. The summed E-state index contributed by atoms with van der Waals surface area (Å²) in [6.07, 6.45) is -2.20. The van der Waals surface area contributed by atoms with Crippen molar-refractivity contribution < 1.29 is 18.0 Å². The fourth-order valence-electron chi connectivity index (χ4n) is 4.18. The van der Waals surface area contributed by atoms with Crippen LogP contribution in [0.5, 0.6) is 0 Å². The van der Waals surface area contributed by atoms with Crippen molar-refractivity contribution in [3.63, 3.8) is 0 Å². The molecule has 3 rings (SSSR count). The van der Waals surface area contributed by atoms with Crippen molar-refractivity contribution in [2.75, 3.05) is 45.8 Å². The van der Waals surface area contributed by atoms with Crippen molar-refractivity contribution >= 4 is 11.9 Å². The van der Waals surface area contributed by atoms with Gasteiger partial charge in [-0.05, 0) is 25.3 Å². The molecule has 2 fully saturated rings. The Morgan fingerprint density at radius 2 is 2.00 bits per heavy atom. The summed E-state index contributed by atoms with van der Waals surface area (Å²) in [5.74, 6) is 0.924. The Kier molecular flexibility index (Phi) is 8.17. The molecule has 2 saturated heterocycles. The Balaban J connectivity index is 1.46. The first-order chi connectivity index (χ1) is 14.8. The molecule has 0 spiro atoms. The zero-order chi connectivity index (χ0) is 22.3. The van der Waals surface area contributed by atoms with Gasteiger partial charge in [0.05, 0.1) is 6.54 Å². The first kappa shape index (κ1) is 23.4. The summed E-state index contributed by atoms with van der Waals surface area (Å²) in [4.78, 5) is 20.3. The van der Waals surface area contributed by atoms with Crippen LogP contribution in [0.2, 0.25) is 0 Å². The van der Waals surface area contributed by atoms with Crippen LogP contribution in [0.1, 0.15) is 25.3 Å². The van der Waals surface area contributed by atoms with Gasteiger partial charge in [0, 0.05) is 57.6 Å². The van der Waals surface area contributed by atoms with Crippen molar-refractivity contribution in [2.45, 2.75) is 38.4 Å². The molecule has 2 N–H and O–H groups in total. The van der Waals surface area contributed by atoms with Crippen LogP contribution in [-0.2, 0) is 11.2 Å². The van der Waals surface area contributed by atoms with Crippen molar-refractivity contribution in [3.8, 4) is 0 Å². The SMILES string of the molecule is CCNC(=NCC1CC(=O)N(CCc2ccccc2)C1)NC1CCN(CC(F)(F)F)C1. The Morgan fingerprint density at radius 1 is 1.23 bits per heavy atom. The van der Waals surface area contributed by atoms with Crippen LogP contribution in [0.15, 0.2) is 35.3 Å². The molecule has 1 amide bonds. The number of rotatable bonds is 8. The van der Waals surface area contributed by atoms with E-state index >= 15 is 0 Å². The maximum Gasteiger partial charge on any atom is 0.401 e. The number of hydrogen-bond donors (Lipinski definition) is 2. The number of carbonyl (C=O) groups is 1. The van der Waals surface area contributed by atoms with Gasteiger partial charge in [0.15, 0.2) is 5.96 Å². The monoisotopic (exact) mass is 439 g/mol. The highest BCUT2D eigenvalue weighted by Crippen LogP contribution is 2.20. The fraction of sp³-hybridized carbons (Fsp3) is 0.636. The molecular weight excluding hydrogens is 407 g/mol. The van der Waals surface area contributed by atoms with E-state index in [2.05, 4.69) is 27.8 Å². The minimum atomic E-state index is -4.17. The average Bonchev–Trinajstić information content (AvgIpc) is 3.30. The largest absolute Gasteiger partial charge is 0.401 e. The van der Waals surface area contributed by atoms with Gasteiger partial charge in [-0.15, -0.1) is 0 Å². The summed E-state index contributed by atoms with van der Waals surface area (Å²) < 4.78 is 37.8. The van der Waals surface area contributed by atoms with Gasteiger partial charge in [-0.2, -0.15) is 13.2 Å². The molecule has 2 unspecified atom stereocenters. The van der Waals surface area contributed by atoms with Crippen molar-refractivity contribution in [1.82, 2.24) is 20.4 Å². The Hall–Kier alpha value is -2.29. The number of likely N-dealkylation sites (tertiary alicyclic amines) is 2. The Morgan fingerprint density at radius 3 is 2.71 bits per heavy atom. The molecule has 2 atom stereocenters. The van der Waals surface area contributed by atoms with E-state index in [-0.39, 0.29) is 17.9 Å². The molecule has 2 aliphatic rings. The topological polar surface area (TPSA) is 60.0 Å². The predicted molar refractivity (Wildman–Crippen MR) is 115 cm³/mol. The number of nitrogens with zero attached hydrogens (tertiary/aromatic N) is 3. The normalized spacial score (nSPS) is 22.9. The molecule has 172 valence electrons. The lowest BCUT2D eigenvalue weighted by Crippen LogP contribution is -2.45. The van der Waals surface area contributed by atoms with E-state index in [0.29, 0.717) is 58.1 Å². The molecule has 0 bridgehead atoms.